The number of hydrogen-bond donors (Lipinski definition) is 1. The number of ether oxygens (including phenoxy) is 1. The van der Waals surface area contributed by atoms with Crippen molar-refractivity contribution in [2.45, 2.75) is 13.5 Å². The SMILES string of the molecule is Cc1cc(-c2cccc(OCc3cccc(Cl)c3F)c2)c(C#N)c(=O)[nH]1. The zero-order chi connectivity index (χ0) is 18.7. The van der Waals surface area contributed by atoms with Gasteiger partial charge in [-0.15, -0.1) is 0 Å². The van der Waals surface area contributed by atoms with Crippen molar-refractivity contribution in [3.8, 4) is 22.9 Å². The molecule has 3 rings (SSSR count). The molecule has 3 aromatic rings. The van der Waals surface area contributed by atoms with Crippen molar-refractivity contribution >= 4 is 11.6 Å². The lowest BCUT2D eigenvalue weighted by Gasteiger charge is -2.10. The van der Waals surface area contributed by atoms with Crippen molar-refractivity contribution in [3.63, 3.8) is 0 Å². The van der Waals surface area contributed by atoms with E-state index in [2.05, 4.69) is 4.98 Å². The first-order valence-corrected chi connectivity index (χ1v) is 8.17. The van der Waals surface area contributed by atoms with Crippen LogP contribution in [0.3, 0.4) is 0 Å². The van der Waals surface area contributed by atoms with Crippen LogP contribution in [0.25, 0.3) is 11.1 Å². The largest absolute Gasteiger partial charge is 0.489 e. The van der Waals surface area contributed by atoms with Gasteiger partial charge in [-0.2, -0.15) is 5.26 Å². The molecule has 0 spiro atoms. The molecule has 6 heteroatoms. The highest BCUT2D eigenvalue weighted by Gasteiger charge is 2.12. The van der Waals surface area contributed by atoms with Crippen LogP contribution in [0, 0.1) is 24.1 Å². The summed E-state index contributed by atoms with van der Waals surface area (Å²) in [6, 6.07) is 15.3. The topological polar surface area (TPSA) is 65.9 Å². The van der Waals surface area contributed by atoms with Gasteiger partial charge >= 0.3 is 0 Å². The van der Waals surface area contributed by atoms with Crippen LogP contribution in [0.4, 0.5) is 4.39 Å². The Hall–Kier alpha value is -3.10. The highest BCUT2D eigenvalue weighted by atomic mass is 35.5. The van der Waals surface area contributed by atoms with Crippen LogP contribution in [-0.2, 0) is 6.61 Å². The van der Waals surface area contributed by atoms with E-state index in [0.717, 1.165) is 0 Å². The van der Waals surface area contributed by atoms with E-state index >= 15 is 0 Å². The summed E-state index contributed by atoms with van der Waals surface area (Å²) in [5, 5.41) is 9.31. The van der Waals surface area contributed by atoms with Crippen LogP contribution >= 0.6 is 11.6 Å². The Balaban J connectivity index is 1.91. The maximum absolute atomic E-state index is 14.0. The van der Waals surface area contributed by atoms with Gasteiger partial charge in [0.2, 0.25) is 0 Å². The molecule has 0 atom stereocenters. The zero-order valence-corrected chi connectivity index (χ0v) is 14.6. The second-order valence-electron chi connectivity index (χ2n) is 5.71. The van der Waals surface area contributed by atoms with E-state index in [4.69, 9.17) is 16.3 Å². The number of nitrogens with one attached hydrogen (secondary N) is 1. The number of halogens is 2. The van der Waals surface area contributed by atoms with Gasteiger partial charge in [0.1, 0.15) is 29.8 Å². The summed E-state index contributed by atoms with van der Waals surface area (Å²) in [4.78, 5) is 14.6. The summed E-state index contributed by atoms with van der Waals surface area (Å²) >= 11 is 5.77. The number of nitriles is 1. The Labute approximate surface area is 154 Å². The third kappa shape index (κ3) is 3.61. The molecule has 2 aromatic carbocycles. The Morgan fingerprint density at radius 2 is 2.00 bits per heavy atom. The Bertz CT molecular complexity index is 1070. The summed E-state index contributed by atoms with van der Waals surface area (Å²) in [6.45, 7) is 1.75. The fraction of sp³-hybridized carbons (Fsp3) is 0.100. The molecule has 130 valence electrons. The van der Waals surface area contributed by atoms with E-state index < -0.39 is 11.4 Å². The molecule has 1 heterocycles. The average molecular weight is 369 g/mol. The highest BCUT2D eigenvalue weighted by Crippen LogP contribution is 2.27. The third-order valence-electron chi connectivity index (χ3n) is 3.85. The minimum absolute atomic E-state index is 0.00928. The van der Waals surface area contributed by atoms with Crippen LogP contribution in [0.1, 0.15) is 16.8 Å². The monoisotopic (exact) mass is 368 g/mol. The molecule has 1 aromatic heterocycles. The highest BCUT2D eigenvalue weighted by molar-refractivity contribution is 6.30. The standard InChI is InChI=1S/C20H14ClFN2O2/c1-12-8-16(17(10-23)20(25)24-12)13-4-2-6-15(9-13)26-11-14-5-3-7-18(21)19(14)22/h2-9H,11H2,1H3,(H,24,25). The first kappa shape index (κ1) is 17.7. The van der Waals surface area contributed by atoms with Crippen LogP contribution < -0.4 is 10.3 Å². The van der Waals surface area contributed by atoms with Crippen LogP contribution in [-0.4, -0.2) is 4.98 Å². The van der Waals surface area contributed by atoms with Gasteiger partial charge in [0, 0.05) is 16.8 Å². The lowest BCUT2D eigenvalue weighted by molar-refractivity contribution is 0.300. The average Bonchev–Trinajstić information content (AvgIpc) is 2.62. The van der Waals surface area contributed by atoms with Crippen LogP contribution in [0.15, 0.2) is 53.3 Å². The second kappa shape index (κ2) is 7.42. The van der Waals surface area contributed by atoms with Crippen molar-refractivity contribution in [1.29, 1.82) is 5.26 Å². The molecular formula is C20H14ClFN2O2. The first-order valence-electron chi connectivity index (χ1n) is 7.79. The number of aromatic nitrogens is 1. The number of nitrogens with zero attached hydrogens (tertiary/aromatic N) is 1. The van der Waals surface area contributed by atoms with E-state index in [0.29, 0.717) is 28.1 Å². The number of pyridine rings is 1. The van der Waals surface area contributed by atoms with Gasteiger partial charge in [-0.3, -0.25) is 4.79 Å². The molecule has 0 unspecified atom stereocenters. The summed E-state index contributed by atoms with van der Waals surface area (Å²) in [6.07, 6.45) is 0. The summed E-state index contributed by atoms with van der Waals surface area (Å²) in [7, 11) is 0. The third-order valence-corrected chi connectivity index (χ3v) is 4.14. The van der Waals surface area contributed by atoms with E-state index in [-0.39, 0.29) is 17.2 Å². The van der Waals surface area contributed by atoms with E-state index in [9.17, 15) is 14.4 Å². The summed E-state index contributed by atoms with van der Waals surface area (Å²) in [5.74, 6) is -0.0222. The van der Waals surface area contributed by atoms with Gasteiger partial charge < -0.3 is 9.72 Å². The van der Waals surface area contributed by atoms with Gasteiger partial charge in [0.25, 0.3) is 5.56 Å². The first-order chi connectivity index (χ1) is 12.5. The van der Waals surface area contributed by atoms with Gasteiger partial charge in [-0.25, -0.2) is 4.39 Å². The number of aryl methyl sites for hydroxylation is 1. The lowest BCUT2D eigenvalue weighted by Crippen LogP contribution is -2.12. The maximum atomic E-state index is 14.0. The molecule has 0 bridgehead atoms. The molecule has 0 aliphatic rings. The molecule has 0 saturated carbocycles. The summed E-state index contributed by atoms with van der Waals surface area (Å²) in [5.41, 5.74) is 1.78. The number of aromatic amines is 1. The molecule has 0 aliphatic heterocycles. The zero-order valence-electron chi connectivity index (χ0n) is 13.8. The van der Waals surface area contributed by atoms with Gasteiger partial charge in [-0.05, 0) is 36.8 Å². The smallest absolute Gasteiger partial charge is 0.266 e. The number of benzene rings is 2. The minimum Gasteiger partial charge on any atom is -0.489 e. The van der Waals surface area contributed by atoms with Gasteiger partial charge in [-0.1, -0.05) is 35.9 Å². The van der Waals surface area contributed by atoms with Crippen molar-refractivity contribution in [1.82, 2.24) is 4.98 Å². The van der Waals surface area contributed by atoms with Crippen molar-refractivity contribution < 1.29 is 9.13 Å². The molecular weight excluding hydrogens is 355 g/mol. The summed E-state index contributed by atoms with van der Waals surface area (Å²) < 4.78 is 19.6. The van der Waals surface area contributed by atoms with Crippen molar-refractivity contribution in [3.05, 3.63) is 86.5 Å². The van der Waals surface area contributed by atoms with Crippen molar-refractivity contribution in [2.24, 2.45) is 0 Å². The van der Waals surface area contributed by atoms with E-state index in [1.807, 2.05) is 6.07 Å². The van der Waals surface area contributed by atoms with Crippen molar-refractivity contribution in [2.75, 3.05) is 0 Å². The predicted molar refractivity (Wildman–Crippen MR) is 97.7 cm³/mol. The number of hydrogen-bond acceptors (Lipinski definition) is 3. The Morgan fingerprint density at radius 3 is 2.77 bits per heavy atom. The second-order valence-corrected chi connectivity index (χ2v) is 6.12. The Kier molecular flexibility index (Phi) is 5.06. The quantitative estimate of drug-likeness (QED) is 0.732. The molecule has 0 aliphatic carbocycles. The van der Waals surface area contributed by atoms with E-state index in [1.165, 1.54) is 6.07 Å². The van der Waals surface area contributed by atoms with Crippen LogP contribution in [0.5, 0.6) is 5.75 Å². The van der Waals surface area contributed by atoms with E-state index in [1.54, 1.807) is 49.4 Å². The fourth-order valence-electron chi connectivity index (χ4n) is 2.60. The number of rotatable bonds is 4. The molecule has 0 saturated heterocycles. The van der Waals surface area contributed by atoms with Gasteiger partial charge in [0.15, 0.2) is 0 Å². The molecule has 0 fully saturated rings. The Morgan fingerprint density at radius 1 is 1.23 bits per heavy atom. The molecule has 4 nitrogen and oxygen atoms in total. The number of H-pyrrole nitrogens is 1. The van der Waals surface area contributed by atoms with Gasteiger partial charge in [0.05, 0.1) is 5.02 Å². The molecule has 0 radical (unpaired) electrons. The maximum Gasteiger partial charge on any atom is 0.266 e. The minimum atomic E-state index is -0.512. The fourth-order valence-corrected chi connectivity index (χ4v) is 2.80. The molecule has 0 amide bonds. The van der Waals surface area contributed by atoms with Crippen LogP contribution in [0.2, 0.25) is 5.02 Å². The normalized spacial score (nSPS) is 10.4. The lowest BCUT2D eigenvalue weighted by atomic mass is 10.0. The predicted octanol–water partition coefficient (Wildman–Crippen LogP) is 4.59. The molecule has 26 heavy (non-hydrogen) atoms. The molecule has 1 N–H and O–H groups in total.